The third-order valence-electron chi connectivity index (χ3n) is 3.60. The first-order valence-electron chi connectivity index (χ1n) is 7.75. The molecular weight excluding hydrogens is 374 g/mol. The van der Waals surface area contributed by atoms with Gasteiger partial charge in [0.2, 0.25) is 11.0 Å². The molecule has 0 atom stereocenters. The standard InChI is InChI=1S/C17H17N3O4S2/c1-24-12-7-8-14-15(11-12)25-17(18-14)20-19-16(21)9-10-26(22,23)13-5-3-2-4-6-13/h2-8,11H,9-10H2,1H3,(H,18,20)(H,19,21). The molecular formula is C17H17N3O4S2. The number of carbonyl (C=O) groups is 1. The van der Waals surface area contributed by atoms with Gasteiger partial charge in [-0.25, -0.2) is 13.4 Å². The Morgan fingerprint density at radius 2 is 1.96 bits per heavy atom. The summed E-state index contributed by atoms with van der Waals surface area (Å²) in [6.07, 6.45) is -0.150. The van der Waals surface area contributed by atoms with E-state index in [-0.39, 0.29) is 17.1 Å². The maximum atomic E-state index is 12.2. The quantitative estimate of drug-likeness (QED) is 0.601. The molecule has 0 radical (unpaired) electrons. The molecule has 2 N–H and O–H groups in total. The highest BCUT2D eigenvalue weighted by Gasteiger charge is 2.16. The largest absolute Gasteiger partial charge is 0.497 e. The maximum absolute atomic E-state index is 12.2. The van der Waals surface area contributed by atoms with E-state index in [0.717, 1.165) is 16.0 Å². The monoisotopic (exact) mass is 391 g/mol. The van der Waals surface area contributed by atoms with Crippen LogP contribution in [0.4, 0.5) is 5.13 Å². The number of hydrogen-bond donors (Lipinski definition) is 2. The van der Waals surface area contributed by atoms with E-state index in [4.69, 9.17) is 4.74 Å². The Bertz CT molecular complexity index is 1020. The summed E-state index contributed by atoms with van der Waals surface area (Å²) in [7, 11) is -1.89. The molecule has 1 aromatic heterocycles. The summed E-state index contributed by atoms with van der Waals surface area (Å²) in [5, 5.41) is 0.507. The molecule has 0 aliphatic carbocycles. The van der Waals surface area contributed by atoms with Gasteiger partial charge in [-0.15, -0.1) is 0 Å². The number of hydrazine groups is 1. The smallest absolute Gasteiger partial charge is 0.239 e. The van der Waals surface area contributed by atoms with Gasteiger partial charge >= 0.3 is 0 Å². The molecule has 7 nitrogen and oxygen atoms in total. The molecule has 0 saturated heterocycles. The van der Waals surface area contributed by atoms with Crippen LogP contribution in [0.3, 0.4) is 0 Å². The van der Waals surface area contributed by atoms with Gasteiger partial charge < -0.3 is 4.74 Å². The first-order chi connectivity index (χ1) is 12.5. The summed E-state index contributed by atoms with van der Waals surface area (Å²) < 4.78 is 30.4. The Balaban J connectivity index is 1.56. The SMILES string of the molecule is COc1ccc2nc(NNC(=O)CCS(=O)(=O)c3ccccc3)sc2c1. The number of ether oxygens (including phenoxy) is 1. The fourth-order valence-corrected chi connectivity index (χ4v) is 4.35. The first-order valence-corrected chi connectivity index (χ1v) is 10.2. The zero-order chi connectivity index (χ0) is 18.6. The van der Waals surface area contributed by atoms with Gasteiger partial charge in [0.05, 0.1) is 28.0 Å². The van der Waals surface area contributed by atoms with Crippen molar-refractivity contribution in [1.29, 1.82) is 0 Å². The molecule has 0 bridgehead atoms. The summed E-state index contributed by atoms with van der Waals surface area (Å²) in [6.45, 7) is 0. The van der Waals surface area contributed by atoms with E-state index in [0.29, 0.717) is 5.13 Å². The molecule has 0 aliphatic heterocycles. The van der Waals surface area contributed by atoms with Crippen LogP contribution in [0, 0.1) is 0 Å². The van der Waals surface area contributed by atoms with E-state index in [1.54, 1.807) is 31.4 Å². The number of methoxy groups -OCH3 is 1. The van der Waals surface area contributed by atoms with E-state index in [1.807, 2.05) is 12.1 Å². The number of amides is 1. The lowest BCUT2D eigenvalue weighted by atomic mass is 10.3. The van der Waals surface area contributed by atoms with Gasteiger partial charge in [0.15, 0.2) is 9.84 Å². The molecule has 0 aliphatic rings. The Morgan fingerprint density at radius 3 is 2.69 bits per heavy atom. The lowest BCUT2D eigenvalue weighted by Crippen LogP contribution is -2.30. The van der Waals surface area contributed by atoms with Gasteiger partial charge in [-0.2, -0.15) is 0 Å². The van der Waals surface area contributed by atoms with Crippen LogP contribution in [0.25, 0.3) is 10.2 Å². The van der Waals surface area contributed by atoms with Crippen molar-refractivity contribution in [1.82, 2.24) is 10.4 Å². The number of rotatable bonds is 7. The highest BCUT2D eigenvalue weighted by molar-refractivity contribution is 7.91. The van der Waals surface area contributed by atoms with Crippen LogP contribution >= 0.6 is 11.3 Å². The first kappa shape index (κ1) is 18.2. The molecule has 0 saturated carbocycles. The van der Waals surface area contributed by atoms with Gasteiger partial charge in [-0.3, -0.25) is 15.6 Å². The van der Waals surface area contributed by atoms with Gasteiger partial charge in [0.25, 0.3) is 0 Å². The predicted octanol–water partition coefficient (Wildman–Crippen LogP) is 2.61. The Morgan fingerprint density at radius 1 is 1.19 bits per heavy atom. The second-order valence-electron chi connectivity index (χ2n) is 5.41. The fourth-order valence-electron chi connectivity index (χ4n) is 2.24. The fraction of sp³-hybridized carbons (Fsp3) is 0.176. The van der Waals surface area contributed by atoms with E-state index in [9.17, 15) is 13.2 Å². The van der Waals surface area contributed by atoms with Crippen molar-refractivity contribution in [3.63, 3.8) is 0 Å². The van der Waals surface area contributed by atoms with E-state index >= 15 is 0 Å². The minimum Gasteiger partial charge on any atom is -0.497 e. The van der Waals surface area contributed by atoms with Crippen molar-refractivity contribution < 1.29 is 17.9 Å². The number of hydrogen-bond acceptors (Lipinski definition) is 7. The van der Waals surface area contributed by atoms with Crippen LogP contribution in [-0.2, 0) is 14.6 Å². The molecule has 26 heavy (non-hydrogen) atoms. The average Bonchev–Trinajstić information content (AvgIpc) is 3.07. The number of carbonyl (C=O) groups excluding carboxylic acids is 1. The topological polar surface area (TPSA) is 97.4 Å². The lowest BCUT2D eigenvalue weighted by Gasteiger charge is -2.06. The summed E-state index contributed by atoms with van der Waals surface area (Å²) in [5.41, 5.74) is 5.97. The van der Waals surface area contributed by atoms with Crippen LogP contribution in [0.5, 0.6) is 5.75 Å². The summed E-state index contributed by atoms with van der Waals surface area (Å²) >= 11 is 1.35. The second kappa shape index (κ2) is 7.71. The Labute approximate surface area is 154 Å². The van der Waals surface area contributed by atoms with E-state index in [1.165, 1.54) is 23.5 Å². The van der Waals surface area contributed by atoms with Crippen molar-refractivity contribution >= 4 is 42.4 Å². The van der Waals surface area contributed by atoms with E-state index in [2.05, 4.69) is 15.8 Å². The zero-order valence-corrected chi connectivity index (χ0v) is 15.6. The minimum atomic E-state index is -3.48. The molecule has 1 amide bonds. The van der Waals surface area contributed by atoms with Crippen molar-refractivity contribution in [3.05, 3.63) is 48.5 Å². The molecule has 9 heteroatoms. The second-order valence-corrected chi connectivity index (χ2v) is 8.55. The van der Waals surface area contributed by atoms with Crippen LogP contribution in [0.15, 0.2) is 53.4 Å². The Kier molecular flexibility index (Phi) is 5.38. The van der Waals surface area contributed by atoms with Gasteiger partial charge in [0.1, 0.15) is 5.75 Å². The minimum absolute atomic E-state index is 0.150. The Hall–Kier alpha value is -2.65. The van der Waals surface area contributed by atoms with Crippen molar-refractivity contribution in [2.24, 2.45) is 0 Å². The van der Waals surface area contributed by atoms with Crippen molar-refractivity contribution in [2.45, 2.75) is 11.3 Å². The van der Waals surface area contributed by atoms with Crippen LogP contribution in [0.2, 0.25) is 0 Å². The number of nitrogens with one attached hydrogen (secondary N) is 2. The van der Waals surface area contributed by atoms with Crippen LogP contribution in [0.1, 0.15) is 6.42 Å². The number of nitrogens with zero attached hydrogens (tertiary/aromatic N) is 1. The molecule has 3 rings (SSSR count). The average molecular weight is 391 g/mol. The molecule has 1 heterocycles. The third-order valence-corrected chi connectivity index (χ3v) is 6.27. The normalized spacial score (nSPS) is 11.3. The number of benzene rings is 2. The van der Waals surface area contributed by atoms with Gasteiger partial charge in [0, 0.05) is 6.42 Å². The number of fused-ring (bicyclic) bond motifs is 1. The molecule has 136 valence electrons. The lowest BCUT2D eigenvalue weighted by molar-refractivity contribution is -0.120. The number of sulfone groups is 1. The highest BCUT2D eigenvalue weighted by Crippen LogP contribution is 2.28. The maximum Gasteiger partial charge on any atom is 0.239 e. The molecule has 0 spiro atoms. The van der Waals surface area contributed by atoms with Gasteiger partial charge in [-0.05, 0) is 30.3 Å². The number of aromatic nitrogens is 1. The third kappa shape index (κ3) is 4.30. The summed E-state index contributed by atoms with van der Waals surface area (Å²) in [4.78, 5) is 16.5. The highest BCUT2D eigenvalue weighted by atomic mass is 32.2. The summed E-state index contributed by atoms with van der Waals surface area (Å²) in [5.74, 6) is 0.0332. The van der Waals surface area contributed by atoms with Crippen molar-refractivity contribution in [2.75, 3.05) is 18.3 Å². The molecule has 2 aromatic carbocycles. The zero-order valence-electron chi connectivity index (χ0n) is 13.9. The van der Waals surface area contributed by atoms with E-state index < -0.39 is 15.7 Å². The molecule has 0 fully saturated rings. The van der Waals surface area contributed by atoms with Crippen molar-refractivity contribution in [3.8, 4) is 5.75 Å². The number of thiazole rings is 1. The predicted molar refractivity (Wildman–Crippen MR) is 101 cm³/mol. The van der Waals surface area contributed by atoms with Crippen LogP contribution in [-0.4, -0.2) is 32.2 Å². The summed E-state index contributed by atoms with van der Waals surface area (Å²) in [6, 6.07) is 13.5. The number of anilines is 1. The molecule has 3 aromatic rings. The molecule has 0 unspecified atom stereocenters. The van der Waals surface area contributed by atoms with Gasteiger partial charge in [-0.1, -0.05) is 29.5 Å². The van der Waals surface area contributed by atoms with Crippen LogP contribution < -0.4 is 15.6 Å².